The predicted octanol–water partition coefficient (Wildman–Crippen LogP) is 5.12. The van der Waals surface area contributed by atoms with Gasteiger partial charge in [0.05, 0.1) is 23.9 Å². The number of carbonyl (C=O) groups excluding carboxylic acids is 1. The molecule has 1 aliphatic rings. The van der Waals surface area contributed by atoms with Gasteiger partial charge >= 0.3 is 5.97 Å². The monoisotopic (exact) mass is 339 g/mol. The largest absolute Gasteiger partial charge is 0.465 e. The van der Waals surface area contributed by atoms with Crippen LogP contribution < -0.4 is 0 Å². The average Bonchev–Trinajstić information content (AvgIpc) is 3.22. The zero-order chi connectivity index (χ0) is 17.7. The Bertz CT molecular complexity index is 1160. The summed E-state index contributed by atoms with van der Waals surface area (Å²) in [6, 6.07) is 24.8. The number of hydrogen-bond donors (Lipinski definition) is 0. The van der Waals surface area contributed by atoms with E-state index in [9.17, 15) is 4.79 Å². The lowest BCUT2D eigenvalue weighted by Crippen LogP contribution is -2.01. The number of benzene rings is 3. The van der Waals surface area contributed by atoms with E-state index in [1.165, 1.54) is 35.1 Å². The van der Waals surface area contributed by atoms with Gasteiger partial charge in [0.2, 0.25) is 0 Å². The molecule has 0 saturated carbocycles. The molecule has 0 fully saturated rings. The number of nitrogens with zero attached hydrogens (tertiary/aromatic N) is 1. The summed E-state index contributed by atoms with van der Waals surface area (Å²) in [5.74, 6) is -0.306. The van der Waals surface area contributed by atoms with Crippen LogP contribution in [0.1, 0.15) is 15.9 Å². The number of carbonyl (C=O) groups is 1. The normalized spacial score (nSPS) is 12.0. The lowest BCUT2D eigenvalue weighted by molar-refractivity contribution is 0.0601. The third kappa shape index (κ3) is 2.04. The maximum Gasteiger partial charge on any atom is 0.337 e. The fourth-order valence-electron chi connectivity index (χ4n) is 4.00. The van der Waals surface area contributed by atoms with Crippen molar-refractivity contribution in [1.82, 2.24) is 4.57 Å². The Kier molecular flexibility index (Phi) is 3.22. The highest BCUT2D eigenvalue weighted by Gasteiger charge is 2.27. The second-order valence-corrected chi connectivity index (χ2v) is 6.56. The number of methoxy groups -OCH3 is 1. The molecule has 1 aliphatic heterocycles. The summed E-state index contributed by atoms with van der Waals surface area (Å²) in [5.41, 5.74) is 7.86. The van der Waals surface area contributed by atoms with Crippen LogP contribution in [-0.2, 0) is 11.3 Å². The Balaban J connectivity index is 1.87. The molecule has 3 aromatic carbocycles. The molecule has 0 unspecified atom stereocenters. The van der Waals surface area contributed by atoms with Crippen LogP contribution in [0.25, 0.3) is 33.3 Å². The van der Waals surface area contributed by atoms with Gasteiger partial charge in [0.15, 0.2) is 0 Å². The third-order valence-corrected chi connectivity index (χ3v) is 5.15. The van der Waals surface area contributed by atoms with Crippen LogP contribution in [0.3, 0.4) is 0 Å². The second-order valence-electron chi connectivity index (χ2n) is 6.56. The molecular formula is C23H17NO2. The van der Waals surface area contributed by atoms with Crippen LogP contribution in [0.2, 0.25) is 0 Å². The molecule has 0 aliphatic carbocycles. The van der Waals surface area contributed by atoms with Gasteiger partial charge in [0.1, 0.15) is 0 Å². The molecule has 0 amide bonds. The SMILES string of the molecule is COC(=O)c1ccc2c(-c3ccccc3)c3n(c2c1)Cc1ccccc1-3. The van der Waals surface area contributed by atoms with Crippen LogP contribution in [0, 0.1) is 0 Å². The van der Waals surface area contributed by atoms with Gasteiger partial charge in [-0.3, -0.25) is 0 Å². The van der Waals surface area contributed by atoms with Gasteiger partial charge < -0.3 is 9.30 Å². The molecule has 5 rings (SSSR count). The smallest absolute Gasteiger partial charge is 0.337 e. The van der Waals surface area contributed by atoms with Gasteiger partial charge in [0, 0.05) is 23.1 Å². The van der Waals surface area contributed by atoms with Gasteiger partial charge in [-0.25, -0.2) is 4.79 Å². The first kappa shape index (κ1) is 15.0. The summed E-state index contributed by atoms with van der Waals surface area (Å²) in [5, 5.41) is 1.16. The minimum atomic E-state index is -0.306. The van der Waals surface area contributed by atoms with E-state index >= 15 is 0 Å². The lowest BCUT2D eigenvalue weighted by Gasteiger charge is -2.06. The molecule has 0 spiro atoms. The Morgan fingerprint density at radius 3 is 2.54 bits per heavy atom. The molecular weight excluding hydrogens is 322 g/mol. The van der Waals surface area contributed by atoms with Gasteiger partial charge in [-0.05, 0) is 23.3 Å². The number of esters is 1. The van der Waals surface area contributed by atoms with E-state index in [1.54, 1.807) is 0 Å². The minimum absolute atomic E-state index is 0.306. The van der Waals surface area contributed by atoms with Crippen molar-refractivity contribution in [3.63, 3.8) is 0 Å². The Morgan fingerprint density at radius 2 is 1.73 bits per heavy atom. The number of fused-ring (bicyclic) bond motifs is 5. The number of hydrogen-bond acceptors (Lipinski definition) is 2. The van der Waals surface area contributed by atoms with Crippen molar-refractivity contribution < 1.29 is 9.53 Å². The molecule has 0 saturated heterocycles. The maximum atomic E-state index is 12.0. The summed E-state index contributed by atoms with van der Waals surface area (Å²) >= 11 is 0. The van der Waals surface area contributed by atoms with Crippen molar-refractivity contribution in [3.05, 3.63) is 83.9 Å². The van der Waals surface area contributed by atoms with E-state index in [0.717, 1.165) is 17.4 Å². The summed E-state index contributed by atoms with van der Waals surface area (Å²) in [7, 11) is 1.42. The van der Waals surface area contributed by atoms with Crippen LogP contribution in [-0.4, -0.2) is 17.6 Å². The highest BCUT2D eigenvalue weighted by Crippen LogP contribution is 2.46. The predicted molar refractivity (Wildman–Crippen MR) is 103 cm³/mol. The molecule has 4 aromatic rings. The standard InChI is InChI=1S/C23H17NO2/c1-26-23(25)16-11-12-19-20(13-16)24-14-17-9-5-6-10-18(17)22(24)21(19)15-7-3-2-4-8-15/h2-13H,14H2,1H3. The molecule has 0 atom stereocenters. The Hall–Kier alpha value is -3.33. The highest BCUT2D eigenvalue weighted by molar-refractivity contribution is 6.07. The van der Waals surface area contributed by atoms with Crippen molar-refractivity contribution in [2.24, 2.45) is 0 Å². The quantitative estimate of drug-likeness (QED) is 0.418. The fraction of sp³-hybridized carbons (Fsp3) is 0.0870. The molecule has 26 heavy (non-hydrogen) atoms. The highest BCUT2D eigenvalue weighted by atomic mass is 16.5. The molecule has 0 radical (unpaired) electrons. The van der Waals surface area contributed by atoms with Gasteiger partial charge in [-0.1, -0.05) is 60.7 Å². The van der Waals surface area contributed by atoms with E-state index in [1.807, 2.05) is 24.3 Å². The minimum Gasteiger partial charge on any atom is -0.465 e. The Morgan fingerprint density at radius 1 is 0.962 bits per heavy atom. The van der Waals surface area contributed by atoms with Crippen molar-refractivity contribution in [2.45, 2.75) is 6.54 Å². The summed E-state index contributed by atoms with van der Waals surface area (Å²) in [6.07, 6.45) is 0. The van der Waals surface area contributed by atoms with Crippen LogP contribution in [0.4, 0.5) is 0 Å². The molecule has 126 valence electrons. The lowest BCUT2D eigenvalue weighted by atomic mass is 9.96. The zero-order valence-corrected chi connectivity index (χ0v) is 14.4. The topological polar surface area (TPSA) is 31.2 Å². The summed E-state index contributed by atoms with van der Waals surface area (Å²) in [4.78, 5) is 12.0. The number of aromatic nitrogens is 1. The van der Waals surface area contributed by atoms with E-state index in [2.05, 4.69) is 53.1 Å². The summed E-state index contributed by atoms with van der Waals surface area (Å²) in [6.45, 7) is 0.819. The van der Waals surface area contributed by atoms with Gasteiger partial charge in [0.25, 0.3) is 0 Å². The molecule has 2 heterocycles. The molecule has 3 heteroatoms. The Labute approximate surface area is 151 Å². The molecule has 3 nitrogen and oxygen atoms in total. The van der Waals surface area contributed by atoms with Gasteiger partial charge in [-0.15, -0.1) is 0 Å². The van der Waals surface area contributed by atoms with Crippen molar-refractivity contribution >= 4 is 16.9 Å². The molecule has 1 aromatic heterocycles. The van der Waals surface area contributed by atoms with Crippen LogP contribution in [0.5, 0.6) is 0 Å². The second kappa shape index (κ2) is 5.60. The first-order valence-electron chi connectivity index (χ1n) is 8.66. The summed E-state index contributed by atoms with van der Waals surface area (Å²) < 4.78 is 7.22. The van der Waals surface area contributed by atoms with E-state index in [-0.39, 0.29) is 5.97 Å². The van der Waals surface area contributed by atoms with Crippen LogP contribution in [0.15, 0.2) is 72.8 Å². The first-order valence-corrected chi connectivity index (χ1v) is 8.66. The van der Waals surface area contributed by atoms with E-state index in [4.69, 9.17) is 4.74 Å². The van der Waals surface area contributed by atoms with Crippen molar-refractivity contribution in [2.75, 3.05) is 7.11 Å². The average molecular weight is 339 g/mol. The maximum absolute atomic E-state index is 12.0. The molecule has 0 N–H and O–H groups in total. The van der Waals surface area contributed by atoms with Crippen molar-refractivity contribution in [3.8, 4) is 22.4 Å². The van der Waals surface area contributed by atoms with Crippen molar-refractivity contribution in [1.29, 1.82) is 0 Å². The zero-order valence-electron chi connectivity index (χ0n) is 14.4. The van der Waals surface area contributed by atoms with E-state index in [0.29, 0.717) is 5.56 Å². The van der Waals surface area contributed by atoms with Gasteiger partial charge in [-0.2, -0.15) is 0 Å². The number of rotatable bonds is 2. The third-order valence-electron chi connectivity index (χ3n) is 5.15. The fourth-order valence-corrected chi connectivity index (χ4v) is 4.00. The number of ether oxygens (including phenoxy) is 1. The molecule has 0 bridgehead atoms. The first-order chi connectivity index (χ1) is 12.8. The van der Waals surface area contributed by atoms with E-state index < -0.39 is 0 Å². The van der Waals surface area contributed by atoms with Crippen LogP contribution >= 0.6 is 0 Å².